The Morgan fingerprint density at radius 3 is 2.69 bits per heavy atom. The number of hydrogen-bond acceptors (Lipinski definition) is 7. The van der Waals surface area contributed by atoms with Gasteiger partial charge in [-0.2, -0.15) is 0 Å². The first-order chi connectivity index (χ1) is 17.0. The Morgan fingerprint density at radius 2 is 1.97 bits per heavy atom. The fourth-order valence-corrected chi connectivity index (χ4v) is 4.09. The molecule has 0 aromatic carbocycles. The number of aliphatic hydroxyl groups excluding tert-OH is 1. The van der Waals surface area contributed by atoms with Crippen molar-refractivity contribution in [2.75, 3.05) is 36.5 Å². The molecule has 1 aliphatic rings. The number of nitrogens with zero attached hydrogens (tertiary/aromatic N) is 4. The molecule has 3 aromatic rings. The summed E-state index contributed by atoms with van der Waals surface area (Å²) in [4.78, 5) is 28.5. The highest BCUT2D eigenvalue weighted by molar-refractivity contribution is 6.04. The van der Waals surface area contributed by atoms with E-state index in [-0.39, 0.29) is 12.5 Å². The molecule has 0 unspecified atom stereocenters. The van der Waals surface area contributed by atoms with Crippen LogP contribution in [0.5, 0.6) is 5.88 Å². The number of ether oxygens (including phenoxy) is 1. The van der Waals surface area contributed by atoms with Gasteiger partial charge < -0.3 is 20.1 Å². The smallest absolute Gasteiger partial charge is 0.255 e. The third-order valence-electron chi connectivity index (χ3n) is 6.01. The molecule has 0 radical (unpaired) electrons. The highest BCUT2D eigenvalue weighted by Crippen LogP contribution is 2.39. The second-order valence-electron chi connectivity index (χ2n) is 8.75. The highest BCUT2D eigenvalue weighted by Gasteiger charge is 2.25. The van der Waals surface area contributed by atoms with Gasteiger partial charge >= 0.3 is 0 Å². The van der Waals surface area contributed by atoms with Crippen molar-refractivity contribution in [3.8, 4) is 17.0 Å². The molecule has 0 spiro atoms. The number of amides is 1. The number of pyridine rings is 3. The zero-order valence-electron chi connectivity index (χ0n) is 20.6. The van der Waals surface area contributed by atoms with Gasteiger partial charge in [-0.3, -0.25) is 14.8 Å². The zero-order chi connectivity index (χ0) is 24.8. The van der Waals surface area contributed by atoms with Gasteiger partial charge in [0.2, 0.25) is 5.88 Å². The molecule has 3 heterocycles. The number of carbonyl (C=O) groups excluding carboxylic acids is 1. The van der Waals surface area contributed by atoms with Crippen LogP contribution in [-0.4, -0.2) is 52.3 Å². The first-order valence-electron chi connectivity index (χ1n) is 12.3. The molecule has 1 fully saturated rings. The second-order valence-corrected chi connectivity index (χ2v) is 8.75. The number of aliphatic hydroxyl groups is 1. The van der Waals surface area contributed by atoms with Crippen molar-refractivity contribution in [1.82, 2.24) is 15.0 Å². The Morgan fingerprint density at radius 1 is 1.14 bits per heavy atom. The number of hydrogen-bond donors (Lipinski definition) is 2. The number of rotatable bonds is 11. The lowest BCUT2D eigenvalue weighted by atomic mass is 10.0. The fourth-order valence-electron chi connectivity index (χ4n) is 4.09. The summed E-state index contributed by atoms with van der Waals surface area (Å²) in [7, 11) is 0. The van der Waals surface area contributed by atoms with Crippen LogP contribution in [0.2, 0.25) is 0 Å². The molecule has 35 heavy (non-hydrogen) atoms. The lowest BCUT2D eigenvalue weighted by Gasteiger charge is -2.25. The van der Waals surface area contributed by atoms with Gasteiger partial charge in [0.05, 0.1) is 25.1 Å². The minimum atomic E-state index is -0.187. The summed E-state index contributed by atoms with van der Waals surface area (Å²) >= 11 is 0. The van der Waals surface area contributed by atoms with Crippen molar-refractivity contribution in [2.24, 2.45) is 0 Å². The molecule has 1 aliphatic carbocycles. The van der Waals surface area contributed by atoms with Crippen LogP contribution >= 0.6 is 0 Å². The Hall–Kier alpha value is -3.52. The van der Waals surface area contributed by atoms with Crippen LogP contribution in [-0.2, 0) is 0 Å². The van der Waals surface area contributed by atoms with E-state index in [2.05, 4.69) is 32.1 Å². The number of aromatic nitrogens is 3. The van der Waals surface area contributed by atoms with E-state index in [4.69, 9.17) is 4.74 Å². The number of aryl methyl sites for hydroxylation is 1. The average molecular weight is 476 g/mol. The van der Waals surface area contributed by atoms with E-state index >= 15 is 0 Å². The first-order valence-corrected chi connectivity index (χ1v) is 12.3. The number of anilines is 2. The normalized spacial score (nSPS) is 12.9. The average Bonchev–Trinajstić information content (AvgIpc) is 3.71. The summed E-state index contributed by atoms with van der Waals surface area (Å²) in [5.41, 5.74) is 5.57. The van der Waals surface area contributed by atoms with Crippen molar-refractivity contribution >= 4 is 17.3 Å². The van der Waals surface area contributed by atoms with Crippen LogP contribution in [0.15, 0.2) is 42.9 Å². The van der Waals surface area contributed by atoms with E-state index in [1.807, 2.05) is 32.0 Å². The van der Waals surface area contributed by atoms with E-state index in [9.17, 15) is 9.90 Å². The molecular formula is C27H33N5O3. The monoisotopic (exact) mass is 475 g/mol. The van der Waals surface area contributed by atoms with Gasteiger partial charge in [-0.25, -0.2) is 4.98 Å². The van der Waals surface area contributed by atoms with Crippen molar-refractivity contribution in [2.45, 2.75) is 46.0 Å². The quantitative estimate of drug-likeness (QED) is 0.418. The molecule has 4 rings (SSSR count). The Kier molecular flexibility index (Phi) is 7.92. The minimum Gasteiger partial charge on any atom is -0.476 e. The van der Waals surface area contributed by atoms with E-state index < -0.39 is 0 Å². The first kappa shape index (κ1) is 24.6. The van der Waals surface area contributed by atoms with Crippen molar-refractivity contribution in [3.63, 3.8) is 0 Å². The number of carbonyl (C=O) groups is 1. The highest BCUT2D eigenvalue weighted by atomic mass is 16.5. The van der Waals surface area contributed by atoms with Crippen LogP contribution in [0.4, 0.5) is 11.4 Å². The molecule has 8 nitrogen and oxygen atoms in total. The summed E-state index contributed by atoms with van der Waals surface area (Å²) in [5.74, 6) is 0.834. The van der Waals surface area contributed by atoms with E-state index in [1.165, 1.54) is 0 Å². The van der Waals surface area contributed by atoms with Crippen LogP contribution in [0.25, 0.3) is 11.1 Å². The summed E-state index contributed by atoms with van der Waals surface area (Å²) in [6.07, 6.45) is 8.32. The molecule has 0 saturated heterocycles. The topological polar surface area (TPSA) is 100 Å². The molecule has 0 bridgehead atoms. The minimum absolute atomic E-state index is 0.0371. The SMILES string of the molecule is CCCN(CCO)c1cc(-c2cc(NC(=O)c3ccnc(C4CC4)c3)cnc2C)cnc1OCC. The predicted molar refractivity (Wildman–Crippen MR) is 137 cm³/mol. The van der Waals surface area contributed by atoms with Crippen LogP contribution < -0.4 is 15.0 Å². The maximum absolute atomic E-state index is 12.9. The summed E-state index contributed by atoms with van der Waals surface area (Å²) in [6, 6.07) is 7.54. The summed E-state index contributed by atoms with van der Waals surface area (Å²) in [5, 5.41) is 12.6. The standard InChI is InChI=1S/C27H33N5O3/c1-4-10-32(11-12-33)25-14-21(16-30-27(25)35-5-2)23-15-22(17-29-18(23)3)31-26(34)20-8-9-28-24(13-20)19-6-7-19/h8-9,13-17,19,33H,4-7,10-12H2,1-3H3,(H,31,34). The van der Waals surface area contributed by atoms with E-state index in [0.717, 1.165) is 54.0 Å². The lowest BCUT2D eigenvalue weighted by Crippen LogP contribution is -2.28. The van der Waals surface area contributed by atoms with Gasteiger partial charge in [-0.1, -0.05) is 6.92 Å². The second kappa shape index (κ2) is 11.3. The predicted octanol–water partition coefficient (Wildman–Crippen LogP) is 4.58. The van der Waals surface area contributed by atoms with Gasteiger partial charge in [0.25, 0.3) is 5.91 Å². The molecule has 3 aromatic heterocycles. The molecule has 8 heteroatoms. The van der Waals surface area contributed by atoms with Gasteiger partial charge in [-0.15, -0.1) is 0 Å². The van der Waals surface area contributed by atoms with Gasteiger partial charge in [0.1, 0.15) is 5.69 Å². The maximum atomic E-state index is 12.9. The molecule has 1 saturated carbocycles. The zero-order valence-corrected chi connectivity index (χ0v) is 20.6. The van der Waals surface area contributed by atoms with Crippen LogP contribution in [0, 0.1) is 6.92 Å². The van der Waals surface area contributed by atoms with Crippen molar-refractivity contribution in [1.29, 1.82) is 0 Å². The largest absolute Gasteiger partial charge is 0.476 e. The third-order valence-corrected chi connectivity index (χ3v) is 6.01. The summed E-state index contributed by atoms with van der Waals surface area (Å²) < 4.78 is 5.78. The van der Waals surface area contributed by atoms with Crippen LogP contribution in [0.1, 0.15) is 60.8 Å². The van der Waals surface area contributed by atoms with E-state index in [0.29, 0.717) is 36.2 Å². The molecule has 0 aliphatic heterocycles. The molecule has 184 valence electrons. The fraction of sp³-hybridized carbons (Fsp3) is 0.407. The van der Waals surface area contributed by atoms with E-state index in [1.54, 1.807) is 24.7 Å². The third kappa shape index (κ3) is 5.95. The lowest BCUT2D eigenvalue weighted by molar-refractivity contribution is 0.102. The Labute approximate surface area is 206 Å². The maximum Gasteiger partial charge on any atom is 0.255 e. The van der Waals surface area contributed by atoms with Gasteiger partial charge in [-0.05, 0) is 57.4 Å². The Bertz CT molecular complexity index is 1170. The molecule has 1 amide bonds. The Balaban J connectivity index is 1.63. The number of nitrogens with one attached hydrogen (secondary N) is 1. The van der Waals surface area contributed by atoms with Gasteiger partial charge in [0, 0.05) is 59.5 Å². The summed E-state index contributed by atoms with van der Waals surface area (Å²) in [6.45, 7) is 7.74. The van der Waals surface area contributed by atoms with Crippen molar-refractivity contribution < 1.29 is 14.6 Å². The molecular weight excluding hydrogens is 442 g/mol. The van der Waals surface area contributed by atoms with Crippen molar-refractivity contribution in [3.05, 3.63) is 59.8 Å². The van der Waals surface area contributed by atoms with Crippen LogP contribution in [0.3, 0.4) is 0 Å². The van der Waals surface area contributed by atoms with Gasteiger partial charge in [0.15, 0.2) is 0 Å². The molecule has 2 N–H and O–H groups in total. The molecule has 0 atom stereocenters.